The smallest absolute Gasteiger partial charge is 0.238 e. The third kappa shape index (κ3) is 3.84. The molecule has 6 nitrogen and oxygen atoms in total. The van der Waals surface area contributed by atoms with Crippen molar-refractivity contribution >= 4 is 21.6 Å². The zero-order valence-corrected chi connectivity index (χ0v) is 14.0. The van der Waals surface area contributed by atoms with Crippen LogP contribution in [0.1, 0.15) is 12.8 Å². The number of benzene rings is 1. The van der Waals surface area contributed by atoms with Gasteiger partial charge in [0.05, 0.1) is 12.3 Å². The van der Waals surface area contributed by atoms with Gasteiger partial charge in [-0.1, -0.05) is 18.2 Å². The second-order valence-corrected chi connectivity index (χ2v) is 8.15. The predicted molar refractivity (Wildman–Crippen MR) is 89.8 cm³/mol. The van der Waals surface area contributed by atoms with E-state index >= 15 is 0 Å². The van der Waals surface area contributed by atoms with E-state index in [1.54, 1.807) is 4.90 Å². The quantitative estimate of drug-likeness (QED) is 0.817. The first kappa shape index (κ1) is 16.3. The fraction of sp³-hybridized carbons (Fsp3) is 0.562. The minimum Gasteiger partial charge on any atom is -0.368 e. The first-order chi connectivity index (χ1) is 11.1. The van der Waals surface area contributed by atoms with Crippen molar-refractivity contribution < 1.29 is 13.2 Å². The Morgan fingerprint density at radius 1 is 0.957 bits per heavy atom. The van der Waals surface area contributed by atoms with Crippen molar-refractivity contribution in [2.24, 2.45) is 0 Å². The highest BCUT2D eigenvalue weighted by Crippen LogP contribution is 2.17. The number of para-hydroxylation sites is 1. The number of amides is 1. The van der Waals surface area contributed by atoms with Crippen LogP contribution in [0.5, 0.6) is 0 Å². The van der Waals surface area contributed by atoms with Gasteiger partial charge in [-0.05, 0) is 25.0 Å². The van der Waals surface area contributed by atoms with Gasteiger partial charge in [0, 0.05) is 38.4 Å². The maximum absolute atomic E-state index is 12.4. The lowest BCUT2D eigenvalue weighted by Crippen LogP contribution is -2.52. The SMILES string of the molecule is O=C(CN1CCCCS1(=O)=O)N1CCN(c2ccccc2)CC1. The first-order valence-corrected chi connectivity index (χ1v) is 9.73. The van der Waals surface area contributed by atoms with Gasteiger partial charge in [-0.3, -0.25) is 4.79 Å². The maximum atomic E-state index is 12.4. The Morgan fingerprint density at radius 3 is 2.30 bits per heavy atom. The molecule has 1 amide bonds. The van der Waals surface area contributed by atoms with Gasteiger partial charge in [0.25, 0.3) is 0 Å². The van der Waals surface area contributed by atoms with Gasteiger partial charge in [0.1, 0.15) is 0 Å². The van der Waals surface area contributed by atoms with Crippen molar-refractivity contribution in [3.8, 4) is 0 Å². The molecule has 2 saturated heterocycles. The summed E-state index contributed by atoms with van der Waals surface area (Å²) < 4.78 is 25.3. The number of piperazine rings is 1. The zero-order valence-electron chi connectivity index (χ0n) is 13.2. The molecule has 1 aromatic rings. The van der Waals surface area contributed by atoms with Crippen LogP contribution in [0.15, 0.2) is 30.3 Å². The molecule has 0 N–H and O–H groups in total. The molecule has 2 aliphatic rings. The largest absolute Gasteiger partial charge is 0.368 e. The van der Waals surface area contributed by atoms with Crippen LogP contribution < -0.4 is 4.90 Å². The van der Waals surface area contributed by atoms with Crippen molar-refractivity contribution in [2.45, 2.75) is 12.8 Å². The van der Waals surface area contributed by atoms with Crippen molar-refractivity contribution in [1.29, 1.82) is 0 Å². The number of hydrogen-bond donors (Lipinski definition) is 0. The molecule has 0 atom stereocenters. The van der Waals surface area contributed by atoms with Gasteiger partial charge in [-0.2, -0.15) is 4.31 Å². The lowest BCUT2D eigenvalue weighted by atomic mass is 10.2. The van der Waals surface area contributed by atoms with E-state index in [2.05, 4.69) is 17.0 Å². The van der Waals surface area contributed by atoms with Gasteiger partial charge in [0.15, 0.2) is 0 Å². The van der Waals surface area contributed by atoms with E-state index in [4.69, 9.17) is 0 Å². The molecule has 0 bridgehead atoms. The molecule has 3 rings (SSSR count). The molecule has 0 aliphatic carbocycles. The van der Waals surface area contributed by atoms with Crippen LogP contribution in [0.2, 0.25) is 0 Å². The van der Waals surface area contributed by atoms with Crippen molar-refractivity contribution in [3.05, 3.63) is 30.3 Å². The molecular weight excluding hydrogens is 314 g/mol. The summed E-state index contributed by atoms with van der Waals surface area (Å²) in [5.74, 6) is 0.0883. The molecule has 2 fully saturated rings. The van der Waals surface area contributed by atoms with E-state index in [0.29, 0.717) is 26.1 Å². The van der Waals surface area contributed by atoms with Gasteiger partial charge >= 0.3 is 0 Å². The van der Waals surface area contributed by atoms with Crippen molar-refractivity contribution in [3.63, 3.8) is 0 Å². The second kappa shape index (κ2) is 6.88. The Hall–Kier alpha value is -1.60. The summed E-state index contributed by atoms with van der Waals surface area (Å²) in [6.07, 6.45) is 1.54. The minimum atomic E-state index is -3.24. The number of anilines is 1. The molecule has 0 saturated carbocycles. The van der Waals surface area contributed by atoms with E-state index < -0.39 is 10.0 Å². The van der Waals surface area contributed by atoms with E-state index in [1.165, 1.54) is 9.99 Å². The molecular formula is C16H23N3O3S. The predicted octanol–water partition coefficient (Wildman–Crippen LogP) is 0.761. The summed E-state index contributed by atoms with van der Waals surface area (Å²) in [5, 5.41) is 0. The Balaban J connectivity index is 1.54. The molecule has 23 heavy (non-hydrogen) atoms. The number of carbonyl (C=O) groups excluding carboxylic acids is 1. The van der Waals surface area contributed by atoms with Crippen LogP contribution in [-0.2, 0) is 14.8 Å². The molecule has 0 unspecified atom stereocenters. The molecule has 126 valence electrons. The standard InChI is InChI=1S/C16H23N3O3S/c20-16(14-19-8-4-5-13-23(19,21)22)18-11-9-17(10-12-18)15-6-2-1-3-7-15/h1-3,6-7H,4-5,8-14H2. The third-order valence-corrected chi connectivity index (χ3v) is 6.42. The molecule has 1 aromatic carbocycles. The first-order valence-electron chi connectivity index (χ1n) is 8.12. The van der Waals surface area contributed by atoms with Crippen LogP contribution in [0, 0.1) is 0 Å². The van der Waals surface area contributed by atoms with Gasteiger partial charge in [0.2, 0.25) is 15.9 Å². The van der Waals surface area contributed by atoms with E-state index in [1.807, 2.05) is 18.2 Å². The summed E-state index contributed by atoms with van der Waals surface area (Å²) in [7, 11) is -3.24. The molecule has 7 heteroatoms. The fourth-order valence-electron chi connectivity index (χ4n) is 3.12. The number of nitrogens with zero attached hydrogens (tertiary/aromatic N) is 3. The second-order valence-electron chi connectivity index (χ2n) is 6.06. The number of carbonyl (C=O) groups is 1. The molecule has 2 heterocycles. The fourth-order valence-corrected chi connectivity index (χ4v) is 4.66. The summed E-state index contributed by atoms with van der Waals surface area (Å²) in [5.41, 5.74) is 1.17. The summed E-state index contributed by atoms with van der Waals surface area (Å²) in [4.78, 5) is 16.4. The Morgan fingerprint density at radius 2 is 1.65 bits per heavy atom. The van der Waals surface area contributed by atoms with Crippen LogP contribution in [0.3, 0.4) is 0 Å². The van der Waals surface area contributed by atoms with Crippen LogP contribution in [-0.4, -0.2) is 68.6 Å². The summed E-state index contributed by atoms with van der Waals surface area (Å²) in [6.45, 7) is 3.31. The summed E-state index contributed by atoms with van der Waals surface area (Å²) >= 11 is 0. The molecule has 2 aliphatic heterocycles. The van der Waals surface area contributed by atoms with Crippen LogP contribution in [0.25, 0.3) is 0 Å². The molecule has 0 radical (unpaired) electrons. The topological polar surface area (TPSA) is 60.9 Å². The third-order valence-electron chi connectivity index (χ3n) is 4.52. The average Bonchev–Trinajstić information content (AvgIpc) is 2.57. The van der Waals surface area contributed by atoms with Gasteiger partial charge in [-0.15, -0.1) is 0 Å². The Kier molecular flexibility index (Phi) is 4.87. The maximum Gasteiger partial charge on any atom is 0.238 e. The van der Waals surface area contributed by atoms with Gasteiger partial charge in [-0.25, -0.2) is 8.42 Å². The van der Waals surface area contributed by atoms with E-state index in [0.717, 1.165) is 19.5 Å². The van der Waals surface area contributed by atoms with E-state index in [-0.39, 0.29) is 18.2 Å². The zero-order chi connectivity index (χ0) is 16.3. The Bertz CT molecular complexity index is 640. The monoisotopic (exact) mass is 337 g/mol. The van der Waals surface area contributed by atoms with Crippen LogP contribution in [0.4, 0.5) is 5.69 Å². The van der Waals surface area contributed by atoms with Crippen LogP contribution >= 0.6 is 0 Å². The molecule has 0 aromatic heterocycles. The van der Waals surface area contributed by atoms with E-state index in [9.17, 15) is 13.2 Å². The highest BCUT2D eigenvalue weighted by Gasteiger charge is 2.30. The highest BCUT2D eigenvalue weighted by molar-refractivity contribution is 7.89. The highest BCUT2D eigenvalue weighted by atomic mass is 32.2. The molecule has 0 spiro atoms. The minimum absolute atomic E-state index is 0.00628. The van der Waals surface area contributed by atoms with Crippen molar-refractivity contribution in [1.82, 2.24) is 9.21 Å². The van der Waals surface area contributed by atoms with Gasteiger partial charge < -0.3 is 9.80 Å². The number of sulfonamides is 1. The Labute approximate surface area is 137 Å². The average molecular weight is 337 g/mol. The number of rotatable bonds is 3. The number of hydrogen-bond acceptors (Lipinski definition) is 4. The normalized spacial score (nSPS) is 22.1. The lowest BCUT2D eigenvalue weighted by molar-refractivity contribution is -0.131. The van der Waals surface area contributed by atoms with Crippen molar-refractivity contribution in [2.75, 3.05) is 49.9 Å². The lowest BCUT2D eigenvalue weighted by Gasteiger charge is -2.37. The summed E-state index contributed by atoms with van der Waals surface area (Å²) in [6, 6.07) is 10.1.